The number of hydrogen-bond acceptors (Lipinski definition) is 3. The van der Waals surface area contributed by atoms with E-state index in [9.17, 15) is 0 Å². The smallest absolute Gasteiger partial charge is 0.0346 e. The maximum atomic E-state index is 4.40. The molecule has 3 heterocycles. The first-order valence-electron chi connectivity index (χ1n) is 14.0. The highest BCUT2D eigenvalue weighted by molar-refractivity contribution is 5.84. The summed E-state index contributed by atoms with van der Waals surface area (Å²) in [5.41, 5.74) is 13.7. The number of nitrogens with zero attached hydrogens (tertiary/aromatic N) is 3. The normalized spacial score (nSPS) is 10.9. The third-order valence-electron chi connectivity index (χ3n) is 7.51. The van der Waals surface area contributed by atoms with Crippen LogP contribution in [0.4, 0.5) is 0 Å². The molecule has 0 saturated carbocycles. The summed E-state index contributed by atoms with van der Waals surface area (Å²) in [5.74, 6) is 0. The van der Waals surface area contributed by atoms with Crippen LogP contribution in [0.3, 0.4) is 0 Å². The van der Waals surface area contributed by atoms with Gasteiger partial charge >= 0.3 is 0 Å². The molecule has 7 aromatic rings. The predicted octanol–water partition coefficient (Wildman–Crippen LogP) is 9.87. The second-order valence-electron chi connectivity index (χ2n) is 10.3. The van der Waals surface area contributed by atoms with Crippen molar-refractivity contribution < 1.29 is 0 Å². The number of aromatic nitrogens is 3. The standard InChI is InChI=1S/C39H27N3/c1-7-28(19-30(9-1)34-13-4-16-40-25-34)29-8-2-11-32(20-29)37-22-38(24-39(23-37)36-15-6-18-42-27-36)33-12-3-10-31(21-33)35-14-5-17-41-26-35/h1-27H. The summed E-state index contributed by atoms with van der Waals surface area (Å²) in [4.78, 5) is 13.0. The third kappa shape index (κ3) is 5.36. The Hall–Kier alpha value is -5.67. The Bertz CT molecular complexity index is 1970. The summed E-state index contributed by atoms with van der Waals surface area (Å²) in [6.45, 7) is 0. The van der Waals surface area contributed by atoms with Gasteiger partial charge in [-0.25, -0.2) is 0 Å². The molecule has 7 rings (SSSR count). The van der Waals surface area contributed by atoms with Crippen molar-refractivity contribution in [2.24, 2.45) is 0 Å². The molecule has 0 amide bonds. The quantitative estimate of drug-likeness (QED) is 0.212. The van der Waals surface area contributed by atoms with Gasteiger partial charge in [0.15, 0.2) is 0 Å². The van der Waals surface area contributed by atoms with Crippen LogP contribution in [0.5, 0.6) is 0 Å². The lowest BCUT2D eigenvalue weighted by atomic mass is 9.91. The summed E-state index contributed by atoms with van der Waals surface area (Å²) in [7, 11) is 0. The van der Waals surface area contributed by atoms with Crippen molar-refractivity contribution >= 4 is 0 Å². The molecule has 0 radical (unpaired) electrons. The minimum Gasteiger partial charge on any atom is -0.264 e. The Kier molecular flexibility index (Phi) is 6.89. The molecule has 3 nitrogen and oxygen atoms in total. The highest BCUT2D eigenvalue weighted by atomic mass is 14.6. The summed E-state index contributed by atoms with van der Waals surface area (Å²) in [6.07, 6.45) is 11.2. The monoisotopic (exact) mass is 537 g/mol. The molecule has 0 unspecified atom stereocenters. The van der Waals surface area contributed by atoms with Crippen LogP contribution in [-0.2, 0) is 0 Å². The van der Waals surface area contributed by atoms with Crippen molar-refractivity contribution in [3.63, 3.8) is 0 Å². The zero-order valence-electron chi connectivity index (χ0n) is 22.9. The lowest BCUT2D eigenvalue weighted by Gasteiger charge is -2.13. The Balaban J connectivity index is 1.33. The second-order valence-corrected chi connectivity index (χ2v) is 10.3. The molecule has 42 heavy (non-hydrogen) atoms. The van der Waals surface area contributed by atoms with E-state index in [2.05, 4.69) is 124 Å². The molecule has 0 bridgehead atoms. The number of benzene rings is 4. The minimum absolute atomic E-state index is 1.09. The zero-order valence-corrected chi connectivity index (χ0v) is 22.9. The maximum Gasteiger partial charge on any atom is 0.0346 e. The molecule has 0 spiro atoms. The van der Waals surface area contributed by atoms with Crippen molar-refractivity contribution in [3.05, 3.63) is 165 Å². The number of rotatable bonds is 6. The van der Waals surface area contributed by atoms with Crippen LogP contribution >= 0.6 is 0 Å². The van der Waals surface area contributed by atoms with Crippen molar-refractivity contribution in [3.8, 4) is 66.8 Å². The predicted molar refractivity (Wildman–Crippen MR) is 172 cm³/mol. The Morgan fingerprint density at radius 1 is 0.238 bits per heavy atom. The van der Waals surface area contributed by atoms with Gasteiger partial charge in [0.2, 0.25) is 0 Å². The summed E-state index contributed by atoms with van der Waals surface area (Å²) >= 11 is 0. The van der Waals surface area contributed by atoms with Gasteiger partial charge < -0.3 is 0 Å². The summed E-state index contributed by atoms with van der Waals surface area (Å²) < 4.78 is 0. The third-order valence-corrected chi connectivity index (χ3v) is 7.51. The lowest BCUT2D eigenvalue weighted by Crippen LogP contribution is -1.88. The Morgan fingerprint density at radius 2 is 0.476 bits per heavy atom. The van der Waals surface area contributed by atoms with Crippen LogP contribution in [0.25, 0.3) is 66.8 Å². The fourth-order valence-corrected chi connectivity index (χ4v) is 5.36. The van der Waals surface area contributed by atoms with Crippen molar-refractivity contribution in [1.29, 1.82) is 0 Å². The first-order valence-corrected chi connectivity index (χ1v) is 14.0. The SMILES string of the molecule is c1cncc(-c2cccc(-c3cccc(-c4cc(-c5cccnc5)cc(-c5cccc(-c6cccnc6)c5)c4)c3)c2)c1. The highest BCUT2D eigenvalue weighted by Gasteiger charge is 2.10. The molecule has 0 aliphatic carbocycles. The van der Waals surface area contributed by atoms with Gasteiger partial charge in [0.05, 0.1) is 0 Å². The average molecular weight is 538 g/mol. The van der Waals surface area contributed by atoms with Crippen LogP contribution in [-0.4, -0.2) is 15.0 Å². The average Bonchev–Trinajstić information content (AvgIpc) is 3.09. The molecule has 3 aromatic heterocycles. The van der Waals surface area contributed by atoms with Gasteiger partial charge in [0, 0.05) is 53.9 Å². The van der Waals surface area contributed by atoms with Crippen molar-refractivity contribution in [2.45, 2.75) is 0 Å². The fraction of sp³-hybridized carbons (Fsp3) is 0. The number of hydrogen-bond donors (Lipinski definition) is 0. The van der Waals surface area contributed by atoms with Gasteiger partial charge in [0.1, 0.15) is 0 Å². The van der Waals surface area contributed by atoms with Gasteiger partial charge in [-0.2, -0.15) is 0 Å². The van der Waals surface area contributed by atoms with Crippen LogP contribution in [0.1, 0.15) is 0 Å². The van der Waals surface area contributed by atoms with Crippen LogP contribution in [0.15, 0.2) is 165 Å². The van der Waals surface area contributed by atoms with Gasteiger partial charge in [-0.05, 0) is 105 Å². The molecule has 198 valence electrons. The fourth-order valence-electron chi connectivity index (χ4n) is 5.36. The van der Waals surface area contributed by atoms with E-state index in [0.717, 1.165) is 55.6 Å². The van der Waals surface area contributed by atoms with Gasteiger partial charge in [0.25, 0.3) is 0 Å². The van der Waals surface area contributed by atoms with E-state index in [0.29, 0.717) is 0 Å². The van der Waals surface area contributed by atoms with Crippen LogP contribution in [0.2, 0.25) is 0 Å². The first kappa shape index (κ1) is 25.3. The van der Waals surface area contributed by atoms with E-state index in [4.69, 9.17) is 0 Å². The van der Waals surface area contributed by atoms with Gasteiger partial charge in [-0.1, -0.05) is 72.8 Å². The van der Waals surface area contributed by atoms with Crippen molar-refractivity contribution in [2.75, 3.05) is 0 Å². The highest BCUT2D eigenvalue weighted by Crippen LogP contribution is 2.36. The Labute approximate surface area is 245 Å². The van der Waals surface area contributed by atoms with E-state index in [1.54, 1.807) is 12.4 Å². The molecular formula is C39H27N3. The maximum absolute atomic E-state index is 4.40. The largest absolute Gasteiger partial charge is 0.264 e. The van der Waals surface area contributed by atoms with Gasteiger partial charge in [-0.15, -0.1) is 0 Å². The summed E-state index contributed by atoms with van der Waals surface area (Å²) in [6, 6.07) is 45.1. The molecule has 0 N–H and O–H groups in total. The summed E-state index contributed by atoms with van der Waals surface area (Å²) in [5, 5.41) is 0. The molecule has 0 saturated heterocycles. The molecule has 4 aromatic carbocycles. The minimum atomic E-state index is 1.09. The lowest BCUT2D eigenvalue weighted by molar-refractivity contribution is 1.33. The van der Waals surface area contributed by atoms with E-state index in [1.165, 1.54) is 11.1 Å². The van der Waals surface area contributed by atoms with Crippen molar-refractivity contribution in [1.82, 2.24) is 15.0 Å². The molecule has 0 atom stereocenters. The molecule has 3 heteroatoms. The first-order chi connectivity index (χ1) is 20.8. The van der Waals surface area contributed by atoms with Crippen LogP contribution < -0.4 is 0 Å². The van der Waals surface area contributed by atoms with E-state index >= 15 is 0 Å². The van der Waals surface area contributed by atoms with E-state index in [1.807, 2.05) is 43.0 Å². The molecule has 0 aliphatic heterocycles. The van der Waals surface area contributed by atoms with E-state index in [-0.39, 0.29) is 0 Å². The molecule has 0 aliphatic rings. The molecule has 0 fully saturated rings. The Morgan fingerprint density at radius 3 is 0.810 bits per heavy atom. The second kappa shape index (κ2) is 11.4. The number of pyridine rings is 3. The van der Waals surface area contributed by atoms with Gasteiger partial charge in [-0.3, -0.25) is 15.0 Å². The van der Waals surface area contributed by atoms with Crippen LogP contribution in [0, 0.1) is 0 Å². The zero-order chi connectivity index (χ0) is 28.1. The topological polar surface area (TPSA) is 38.7 Å². The van der Waals surface area contributed by atoms with E-state index < -0.39 is 0 Å². The molecular weight excluding hydrogens is 510 g/mol.